The summed E-state index contributed by atoms with van der Waals surface area (Å²) in [6.45, 7) is 5.91. The number of carbonyl (C=O) groups excluding carboxylic acids is 3. The molecule has 2 aromatic rings. The number of benzene rings is 2. The van der Waals surface area contributed by atoms with E-state index in [0.717, 1.165) is 11.1 Å². The molecular weight excluding hydrogens is 392 g/mol. The van der Waals surface area contributed by atoms with Crippen molar-refractivity contribution >= 4 is 23.5 Å². The van der Waals surface area contributed by atoms with Crippen molar-refractivity contribution in [3.63, 3.8) is 0 Å². The van der Waals surface area contributed by atoms with Crippen molar-refractivity contribution < 1.29 is 19.1 Å². The molecular formula is C25H28N2O4. The number of para-hydroxylation sites is 1. The lowest BCUT2D eigenvalue weighted by Gasteiger charge is -2.32. The van der Waals surface area contributed by atoms with Crippen molar-refractivity contribution in [2.45, 2.75) is 45.2 Å². The van der Waals surface area contributed by atoms with E-state index in [1.54, 1.807) is 31.2 Å². The van der Waals surface area contributed by atoms with Crippen molar-refractivity contribution in [3.8, 4) is 0 Å². The average Bonchev–Trinajstić information content (AvgIpc) is 3.24. The van der Waals surface area contributed by atoms with Crippen LogP contribution >= 0.6 is 0 Å². The largest absolute Gasteiger partial charge is 0.465 e. The molecule has 2 fully saturated rings. The van der Waals surface area contributed by atoms with Crippen LogP contribution in [0.4, 0.5) is 5.69 Å². The Hall–Kier alpha value is -2.99. The molecule has 2 heterocycles. The van der Waals surface area contributed by atoms with Crippen LogP contribution in [0.2, 0.25) is 0 Å². The summed E-state index contributed by atoms with van der Waals surface area (Å²) in [4.78, 5) is 41.9. The molecule has 0 aromatic heterocycles. The molecule has 2 saturated heterocycles. The fraction of sp³-hybridized carbons (Fsp3) is 0.400. The second-order valence-electron chi connectivity index (χ2n) is 8.27. The van der Waals surface area contributed by atoms with Crippen LogP contribution in [0.3, 0.4) is 0 Å². The topological polar surface area (TPSA) is 75.7 Å². The van der Waals surface area contributed by atoms with Gasteiger partial charge in [-0.25, -0.2) is 4.90 Å². The summed E-state index contributed by atoms with van der Waals surface area (Å²) in [6, 6.07) is 16.3. The van der Waals surface area contributed by atoms with Gasteiger partial charge in [-0.05, 0) is 43.5 Å². The molecule has 1 N–H and O–H groups in total. The van der Waals surface area contributed by atoms with Gasteiger partial charge in [-0.3, -0.25) is 19.7 Å². The third kappa shape index (κ3) is 3.26. The maximum atomic E-state index is 13.7. The standard InChI is InChI=1S/C25H28N2O4/c1-4-15-25(24(30)31-5-2)20-19(21(26-25)18-14-10-9-11-16(18)3)22(28)27(23(20)29)17-12-7-6-8-13-17/h6-14,19-21,26H,4-5,15H2,1-3H3/t19-,20+,21-,25+/m0/s1. The van der Waals surface area contributed by atoms with Gasteiger partial charge in [0.05, 0.1) is 24.1 Å². The highest BCUT2D eigenvalue weighted by Gasteiger charge is 2.68. The van der Waals surface area contributed by atoms with Gasteiger partial charge in [0.25, 0.3) is 0 Å². The minimum Gasteiger partial charge on any atom is -0.465 e. The van der Waals surface area contributed by atoms with E-state index in [4.69, 9.17) is 4.74 Å². The lowest BCUT2D eigenvalue weighted by Crippen LogP contribution is -2.56. The Labute approximate surface area is 182 Å². The van der Waals surface area contributed by atoms with Crippen molar-refractivity contribution in [1.82, 2.24) is 5.32 Å². The van der Waals surface area contributed by atoms with Gasteiger partial charge in [0.15, 0.2) is 0 Å². The van der Waals surface area contributed by atoms with E-state index >= 15 is 0 Å². The molecule has 6 heteroatoms. The molecule has 0 aliphatic carbocycles. The summed E-state index contributed by atoms with van der Waals surface area (Å²) in [7, 11) is 0. The molecule has 0 bridgehead atoms. The van der Waals surface area contributed by atoms with Gasteiger partial charge in [-0.2, -0.15) is 0 Å². The summed E-state index contributed by atoms with van der Waals surface area (Å²) < 4.78 is 5.45. The Balaban J connectivity index is 1.88. The highest BCUT2D eigenvalue weighted by atomic mass is 16.5. The van der Waals surface area contributed by atoms with Gasteiger partial charge in [-0.15, -0.1) is 0 Å². The van der Waals surface area contributed by atoms with Crippen molar-refractivity contribution in [2.24, 2.45) is 11.8 Å². The Morgan fingerprint density at radius 1 is 1.03 bits per heavy atom. The SMILES string of the molecule is CCC[C@@]1(C(=O)OCC)N[C@@H](c2ccccc2C)[C@H]2C(=O)N(c3ccccc3)C(=O)[C@@H]21. The molecule has 2 aliphatic heterocycles. The highest BCUT2D eigenvalue weighted by Crippen LogP contribution is 2.52. The average molecular weight is 421 g/mol. The number of ether oxygens (including phenoxy) is 1. The fourth-order valence-electron chi connectivity index (χ4n) is 5.21. The van der Waals surface area contributed by atoms with E-state index in [1.165, 1.54) is 4.90 Å². The van der Waals surface area contributed by atoms with E-state index in [9.17, 15) is 14.4 Å². The zero-order chi connectivity index (χ0) is 22.2. The monoisotopic (exact) mass is 420 g/mol. The number of fused-ring (bicyclic) bond motifs is 1. The molecule has 2 aromatic carbocycles. The van der Waals surface area contributed by atoms with Crippen LogP contribution in [0, 0.1) is 18.8 Å². The maximum absolute atomic E-state index is 13.7. The zero-order valence-corrected chi connectivity index (χ0v) is 18.1. The van der Waals surface area contributed by atoms with Gasteiger partial charge in [0.2, 0.25) is 11.8 Å². The van der Waals surface area contributed by atoms with Gasteiger partial charge in [0, 0.05) is 6.04 Å². The normalized spacial score (nSPS) is 27.5. The minimum atomic E-state index is -1.24. The van der Waals surface area contributed by atoms with Crippen LogP contribution in [-0.2, 0) is 19.1 Å². The number of imide groups is 1. The number of hydrogen-bond acceptors (Lipinski definition) is 5. The van der Waals surface area contributed by atoms with Crippen LogP contribution in [0.15, 0.2) is 54.6 Å². The maximum Gasteiger partial charge on any atom is 0.327 e. The first-order valence-corrected chi connectivity index (χ1v) is 10.9. The first-order valence-electron chi connectivity index (χ1n) is 10.9. The lowest BCUT2D eigenvalue weighted by molar-refractivity contribution is -0.155. The molecule has 0 unspecified atom stereocenters. The summed E-state index contributed by atoms with van der Waals surface area (Å²) in [6.07, 6.45) is 1.08. The number of carbonyl (C=O) groups is 3. The number of rotatable bonds is 6. The van der Waals surface area contributed by atoms with Crippen LogP contribution < -0.4 is 10.2 Å². The molecule has 2 aliphatic rings. The van der Waals surface area contributed by atoms with Gasteiger partial charge in [0.1, 0.15) is 5.54 Å². The Kier molecular flexibility index (Phi) is 5.67. The first kappa shape index (κ1) is 21.2. The Bertz CT molecular complexity index is 1010. The Morgan fingerprint density at radius 2 is 1.71 bits per heavy atom. The number of esters is 1. The van der Waals surface area contributed by atoms with E-state index in [1.807, 2.05) is 44.2 Å². The highest BCUT2D eigenvalue weighted by molar-refractivity contribution is 6.24. The van der Waals surface area contributed by atoms with Crippen LogP contribution in [0.1, 0.15) is 43.9 Å². The molecule has 0 saturated carbocycles. The lowest BCUT2D eigenvalue weighted by atomic mass is 9.76. The fourth-order valence-corrected chi connectivity index (χ4v) is 5.21. The molecule has 2 amide bonds. The number of anilines is 1. The first-order chi connectivity index (χ1) is 15.0. The number of amides is 2. The van der Waals surface area contributed by atoms with Crippen molar-refractivity contribution in [2.75, 3.05) is 11.5 Å². The quantitative estimate of drug-likeness (QED) is 0.571. The van der Waals surface area contributed by atoms with Crippen LogP contribution in [0.5, 0.6) is 0 Å². The third-order valence-corrected chi connectivity index (χ3v) is 6.48. The number of nitrogens with one attached hydrogen (secondary N) is 1. The van der Waals surface area contributed by atoms with E-state index in [0.29, 0.717) is 18.5 Å². The number of aryl methyl sites for hydroxylation is 1. The zero-order valence-electron chi connectivity index (χ0n) is 18.1. The summed E-state index contributed by atoms with van der Waals surface area (Å²) in [5.74, 6) is -2.57. The van der Waals surface area contributed by atoms with Gasteiger partial charge < -0.3 is 4.74 Å². The smallest absolute Gasteiger partial charge is 0.327 e. The second-order valence-corrected chi connectivity index (χ2v) is 8.27. The molecule has 162 valence electrons. The Morgan fingerprint density at radius 3 is 2.35 bits per heavy atom. The molecule has 0 spiro atoms. The van der Waals surface area contributed by atoms with Gasteiger partial charge >= 0.3 is 5.97 Å². The molecule has 31 heavy (non-hydrogen) atoms. The van der Waals surface area contributed by atoms with E-state index in [-0.39, 0.29) is 18.4 Å². The number of nitrogens with zero attached hydrogens (tertiary/aromatic N) is 1. The van der Waals surface area contributed by atoms with Crippen molar-refractivity contribution in [3.05, 3.63) is 65.7 Å². The molecule has 0 radical (unpaired) electrons. The third-order valence-electron chi connectivity index (χ3n) is 6.48. The number of hydrogen-bond donors (Lipinski definition) is 1. The summed E-state index contributed by atoms with van der Waals surface area (Å²) in [5.41, 5.74) is 1.23. The van der Waals surface area contributed by atoms with Gasteiger partial charge in [-0.1, -0.05) is 55.8 Å². The molecule has 4 rings (SSSR count). The summed E-state index contributed by atoms with van der Waals surface area (Å²) in [5, 5.41) is 3.44. The minimum absolute atomic E-state index is 0.211. The molecule has 6 nitrogen and oxygen atoms in total. The summed E-state index contributed by atoms with van der Waals surface area (Å²) >= 11 is 0. The van der Waals surface area contributed by atoms with E-state index < -0.39 is 29.4 Å². The van der Waals surface area contributed by atoms with Crippen LogP contribution in [-0.4, -0.2) is 29.9 Å². The predicted molar refractivity (Wildman–Crippen MR) is 117 cm³/mol. The van der Waals surface area contributed by atoms with E-state index in [2.05, 4.69) is 5.32 Å². The van der Waals surface area contributed by atoms with Crippen molar-refractivity contribution in [1.29, 1.82) is 0 Å². The second kappa shape index (κ2) is 8.27. The van der Waals surface area contributed by atoms with Crippen LogP contribution in [0.25, 0.3) is 0 Å². The molecule has 4 atom stereocenters. The predicted octanol–water partition coefficient (Wildman–Crippen LogP) is 3.55.